The first-order chi connectivity index (χ1) is 15.3. The molecule has 0 spiro atoms. The molecule has 1 unspecified atom stereocenters. The van der Waals surface area contributed by atoms with E-state index in [1.807, 2.05) is 12.1 Å². The molecule has 1 aromatic heterocycles. The Morgan fingerprint density at radius 2 is 1.97 bits per heavy atom. The molecule has 3 aliphatic rings. The fourth-order valence-corrected chi connectivity index (χ4v) is 6.82. The van der Waals surface area contributed by atoms with Crippen molar-refractivity contribution in [3.05, 3.63) is 41.5 Å². The average molecular weight is 468 g/mol. The monoisotopic (exact) mass is 468 g/mol. The van der Waals surface area contributed by atoms with E-state index < -0.39 is 11.6 Å². The quantitative estimate of drug-likeness (QED) is 0.347. The number of imide groups is 1. The Morgan fingerprint density at radius 1 is 1.19 bits per heavy atom. The zero-order chi connectivity index (χ0) is 22.5. The predicted molar refractivity (Wildman–Crippen MR) is 122 cm³/mol. The number of thiophene rings is 1. The molecule has 3 N–H and O–H groups in total. The minimum absolute atomic E-state index is 0.0948. The predicted octanol–water partition coefficient (Wildman–Crippen LogP) is 1.20. The van der Waals surface area contributed by atoms with Crippen LogP contribution in [0.5, 0.6) is 5.75 Å². The zero-order valence-electron chi connectivity index (χ0n) is 17.2. The van der Waals surface area contributed by atoms with Crippen molar-refractivity contribution in [2.24, 2.45) is 5.92 Å². The van der Waals surface area contributed by atoms with Crippen LogP contribution in [0.1, 0.15) is 28.8 Å². The molecule has 0 bridgehead atoms. The molecule has 2 radical (unpaired) electrons. The highest BCUT2D eigenvalue weighted by Gasteiger charge is 2.54. The first-order valence-electron chi connectivity index (χ1n) is 10.4. The van der Waals surface area contributed by atoms with Gasteiger partial charge in [-0.05, 0) is 65.3 Å². The van der Waals surface area contributed by atoms with Crippen LogP contribution in [0.15, 0.2) is 34.5 Å². The summed E-state index contributed by atoms with van der Waals surface area (Å²) in [5.41, 5.74) is 0.0708. The Bertz CT molecular complexity index is 1100. The van der Waals surface area contributed by atoms with Gasteiger partial charge in [-0.2, -0.15) is 0 Å². The molecule has 32 heavy (non-hydrogen) atoms. The molecular formula is C21H21BN4O4S2. The normalized spacial score (nSPS) is 24.0. The SMILES string of the molecule is [B]c1ccc(SN2CCC(C3(CN4Cc5cc(O)ccc5C4=O)NC(=O)NC3=O)CC2)s1. The van der Waals surface area contributed by atoms with Crippen molar-refractivity contribution in [2.75, 3.05) is 19.6 Å². The highest BCUT2D eigenvalue weighted by molar-refractivity contribution is 7.99. The van der Waals surface area contributed by atoms with Crippen molar-refractivity contribution in [3.63, 3.8) is 0 Å². The maximum absolute atomic E-state index is 13.0. The number of urea groups is 1. The maximum atomic E-state index is 13.0. The van der Waals surface area contributed by atoms with Gasteiger partial charge in [0.25, 0.3) is 11.8 Å². The first-order valence-corrected chi connectivity index (χ1v) is 12.0. The van der Waals surface area contributed by atoms with Gasteiger partial charge in [-0.3, -0.25) is 14.9 Å². The molecule has 3 aliphatic heterocycles. The van der Waals surface area contributed by atoms with E-state index in [1.165, 1.54) is 17.4 Å². The molecule has 5 rings (SSSR count). The minimum atomic E-state index is -1.17. The van der Waals surface area contributed by atoms with Gasteiger partial charge in [0.2, 0.25) is 0 Å². The van der Waals surface area contributed by atoms with E-state index in [9.17, 15) is 19.5 Å². The maximum Gasteiger partial charge on any atom is 0.322 e. The standard InChI is InChI=1S/C21H21BN4O4S2/c22-16-3-4-17(31-16)32-26-7-5-13(6-8-26)21(19(29)23-20(30)24-21)11-25-10-12-9-14(27)1-2-15(12)18(25)28/h1-4,9,13,27H,5-8,10-11H2,(H2,23,24,29,30). The number of carbonyl (C=O) groups excluding carboxylic acids is 3. The molecular weight excluding hydrogens is 447 g/mol. The van der Waals surface area contributed by atoms with Crippen molar-refractivity contribution in [3.8, 4) is 5.75 Å². The number of nitrogens with zero attached hydrogens (tertiary/aromatic N) is 2. The summed E-state index contributed by atoms with van der Waals surface area (Å²) in [6, 6.07) is 8.01. The van der Waals surface area contributed by atoms with Crippen LogP contribution < -0.4 is 15.4 Å². The molecule has 2 fully saturated rings. The number of aromatic hydroxyl groups is 1. The molecule has 0 aliphatic carbocycles. The summed E-state index contributed by atoms with van der Waals surface area (Å²) >= 11 is 3.19. The van der Waals surface area contributed by atoms with Gasteiger partial charge in [0.1, 0.15) is 19.1 Å². The summed E-state index contributed by atoms with van der Waals surface area (Å²) in [4.78, 5) is 39.7. The number of phenolic OH excluding ortho intramolecular Hbond substituents is 1. The van der Waals surface area contributed by atoms with Crippen LogP contribution in [0.25, 0.3) is 0 Å². The van der Waals surface area contributed by atoms with Crippen LogP contribution >= 0.6 is 23.3 Å². The fourth-order valence-electron chi connectivity index (χ4n) is 4.78. The summed E-state index contributed by atoms with van der Waals surface area (Å²) in [6.45, 7) is 1.89. The third-order valence-electron chi connectivity index (χ3n) is 6.35. The highest BCUT2D eigenvalue weighted by Crippen LogP contribution is 2.37. The number of fused-ring (bicyclic) bond motifs is 1. The largest absolute Gasteiger partial charge is 0.508 e. The summed E-state index contributed by atoms with van der Waals surface area (Å²) in [7, 11) is 5.82. The molecule has 2 aromatic rings. The second-order valence-electron chi connectivity index (χ2n) is 8.33. The highest BCUT2D eigenvalue weighted by atomic mass is 32.2. The Balaban J connectivity index is 1.32. The molecule has 1 atom stereocenters. The lowest BCUT2D eigenvalue weighted by Crippen LogP contribution is -2.61. The van der Waals surface area contributed by atoms with Crippen LogP contribution in [0.4, 0.5) is 4.79 Å². The van der Waals surface area contributed by atoms with Crippen molar-refractivity contribution < 1.29 is 19.5 Å². The summed E-state index contributed by atoms with van der Waals surface area (Å²) < 4.78 is 4.13. The van der Waals surface area contributed by atoms with Crippen LogP contribution in [0.3, 0.4) is 0 Å². The van der Waals surface area contributed by atoms with E-state index >= 15 is 0 Å². The molecule has 164 valence electrons. The number of benzene rings is 1. The minimum Gasteiger partial charge on any atom is -0.508 e. The lowest BCUT2D eigenvalue weighted by atomic mass is 9.77. The van der Waals surface area contributed by atoms with Crippen molar-refractivity contribution in [1.82, 2.24) is 19.8 Å². The van der Waals surface area contributed by atoms with Gasteiger partial charge >= 0.3 is 6.03 Å². The average Bonchev–Trinajstić information content (AvgIpc) is 3.39. The Hall–Kier alpha value is -2.50. The number of nitrogens with one attached hydrogen (secondary N) is 2. The van der Waals surface area contributed by atoms with Gasteiger partial charge in [0.05, 0.1) is 10.8 Å². The second kappa shape index (κ2) is 8.13. The van der Waals surface area contributed by atoms with Crippen molar-refractivity contribution >= 4 is 53.8 Å². The number of hydrogen-bond donors (Lipinski definition) is 3. The van der Waals surface area contributed by atoms with E-state index in [0.29, 0.717) is 24.9 Å². The van der Waals surface area contributed by atoms with E-state index in [0.717, 1.165) is 27.6 Å². The molecule has 0 saturated carbocycles. The molecule has 8 nitrogen and oxygen atoms in total. The van der Waals surface area contributed by atoms with E-state index in [2.05, 4.69) is 14.9 Å². The smallest absolute Gasteiger partial charge is 0.322 e. The number of amides is 4. The van der Waals surface area contributed by atoms with E-state index in [4.69, 9.17) is 7.85 Å². The molecule has 1 aromatic carbocycles. The van der Waals surface area contributed by atoms with Crippen LogP contribution in [0, 0.1) is 5.92 Å². The van der Waals surface area contributed by atoms with Crippen LogP contribution in [-0.2, 0) is 11.3 Å². The second-order valence-corrected chi connectivity index (χ2v) is 10.8. The lowest BCUT2D eigenvalue weighted by Gasteiger charge is -2.41. The Kier molecular flexibility index (Phi) is 5.43. The zero-order valence-corrected chi connectivity index (χ0v) is 18.8. The van der Waals surface area contributed by atoms with E-state index in [-0.39, 0.29) is 30.0 Å². The molecule has 4 amide bonds. The Morgan fingerprint density at radius 3 is 2.62 bits per heavy atom. The van der Waals surface area contributed by atoms with Crippen LogP contribution in [0.2, 0.25) is 0 Å². The van der Waals surface area contributed by atoms with Gasteiger partial charge in [-0.25, -0.2) is 9.10 Å². The van der Waals surface area contributed by atoms with Crippen LogP contribution in [-0.4, -0.2) is 65.2 Å². The van der Waals surface area contributed by atoms with Gasteiger partial charge in [0, 0.05) is 25.2 Å². The summed E-state index contributed by atoms with van der Waals surface area (Å²) in [5.74, 6) is -0.593. The summed E-state index contributed by atoms with van der Waals surface area (Å²) in [5, 5.41) is 15.0. The molecule has 11 heteroatoms. The van der Waals surface area contributed by atoms with Gasteiger partial charge in [-0.1, -0.05) is 6.07 Å². The van der Waals surface area contributed by atoms with Crippen molar-refractivity contribution in [1.29, 1.82) is 0 Å². The third-order valence-corrected chi connectivity index (χ3v) is 8.47. The third kappa shape index (κ3) is 3.78. The number of carbonyl (C=O) groups is 3. The Labute approximate surface area is 194 Å². The molecule has 4 heterocycles. The van der Waals surface area contributed by atoms with Gasteiger partial charge in [0.15, 0.2) is 0 Å². The lowest BCUT2D eigenvalue weighted by molar-refractivity contribution is -0.127. The number of phenols is 1. The fraction of sp³-hybridized carbons (Fsp3) is 0.381. The van der Waals surface area contributed by atoms with E-state index in [1.54, 1.807) is 29.0 Å². The number of piperidine rings is 1. The van der Waals surface area contributed by atoms with Crippen molar-refractivity contribution in [2.45, 2.75) is 29.1 Å². The topological polar surface area (TPSA) is 102 Å². The number of hydrogen-bond acceptors (Lipinski definition) is 7. The van der Waals surface area contributed by atoms with Gasteiger partial charge < -0.3 is 15.3 Å². The first kappa shape index (κ1) is 21.4. The summed E-state index contributed by atoms with van der Waals surface area (Å²) in [6.07, 6.45) is 1.41. The van der Waals surface area contributed by atoms with Gasteiger partial charge in [-0.15, -0.1) is 11.3 Å². The molecule has 2 saturated heterocycles. The number of rotatable bonds is 5.